The summed E-state index contributed by atoms with van der Waals surface area (Å²) in [5, 5.41) is 12.4. The summed E-state index contributed by atoms with van der Waals surface area (Å²) in [7, 11) is 0. The number of benzene rings is 1. The first-order valence-electron chi connectivity index (χ1n) is 10.6. The monoisotopic (exact) mass is 433 g/mol. The van der Waals surface area contributed by atoms with Crippen molar-refractivity contribution in [2.24, 2.45) is 5.41 Å². The maximum atomic E-state index is 11.9. The van der Waals surface area contributed by atoms with Crippen molar-refractivity contribution in [1.82, 2.24) is 14.9 Å². The molecular weight excluding hydrogens is 398 g/mol. The number of esters is 1. The Kier molecular flexibility index (Phi) is 8.06. The van der Waals surface area contributed by atoms with Crippen LogP contribution >= 0.6 is 0 Å². The molecule has 0 aliphatic rings. The first-order valence-corrected chi connectivity index (χ1v) is 10.6. The van der Waals surface area contributed by atoms with E-state index in [4.69, 9.17) is 9.47 Å². The van der Waals surface area contributed by atoms with E-state index in [1.54, 1.807) is 0 Å². The van der Waals surface area contributed by atoms with Crippen molar-refractivity contribution in [3.8, 4) is 0 Å². The highest BCUT2D eigenvalue weighted by molar-refractivity contribution is 5.77. The van der Waals surface area contributed by atoms with Crippen LogP contribution in [0.5, 0.6) is 0 Å². The standard InChI is InChI=1S/C23H35N3O5/c1-22(2,3)20(28)30-12-8-7-11-26-18-10-9-16(13-17(18)25-19(26)15-27)14-24-21(29)31-23(4,5)6/h9-10,13,27H,7-8,11-12,14-15H2,1-6H3,(H,24,29). The molecule has 2 rings (SSSR count). The third kappa shape index (κ3) is 7.54. The highest BCUT2D eigenvalue weighted by atomic mass is 16.6. The van der Waals surface area contributed by atoms with Gasteiger partial charge < -0.3 is 24.5 Å². The SMILES string of the molecule is CC(C)(C)OC(=O)NCc1ccc2c(c1)nc(CO)n2CCCCOC(=O)C(C)(C)C. The molecule has 1 heterocycles. The molecule has 0 saturated heterocycles. The number of nitrogens with zero attached hydrogens (tertiary/aromatic N) is 2. The summed E-state index contributed by atoms with van der Waals surface area (Å²) >= 11 is 0. The molecule has 0 fully saturated rings. The van der Waals surface area contributed by atoms with Gasteiger partial charge in [-0.05, 0) is 72.1 Å². The minimum atomic E-state index is -0.548. The maximum Gasteiger partial charge on any atom is 0.407 e. The van der Waals surface area contributed by atoms with Gasteiger partial charge in [0, 0.05) is 13.1 Å². The number of unbranched alkanes of at least 4 members (excludes halogenated alkanes) is 1. The van der Waals surface area contributed by atoms with Crippen LogP contribution in [0.25, 0.3) is 11.0 Å². The molecule has 2 N–H and O–H groups in total. The van der Waals surface area contributed by atoms with E-state index in [0.29, 0.717) is 25.5 Å². The van der Waals surface area contributed by atoms with Crippen molar-refractivity contribution >= 4 is 23.1 Å². The molecule has 1 amide bonds. The number of carbonyl (C=O) groups excluding carboxylic acids is 2. The summed E-state index contributed by atoms with van der Waals surface area (Å²) in [4.78, 5) is 28.2. The van der Waals surface area contributed by atoms with E-state index in [1.165, 1.54) is 0 Å². The van der Waals surface area contributed by atoms with Crippen molar-refractivity contribution < 1.29 is 24.2 Å². The molecule has 0 radical (unpaired) electrons. The molecule has 0 unspecified atom stereocenters. The molecule has 0 saturated carbocycles. The molecule has 0 aliphatic heterocycles. The topological polar surface area (TPSA) is 103 Å². The van der Waals surface area contributed by atoms with Crippen LogP contribution in [-0.2, 0) is 34.0 Å². The van der Waals surface area contributed by atoms with Gasteiger partial charge in [0.05, 0.1) is 23.1 Å². The molecule has 1 aromatic carbocycles. The molecule has 0 bridgehead atoms. The summed E-state index contributed by atoms with van der Waals surface area (Å²) < 4.78 is 12.5. The van der Waals surface area contributed by atoms with E-state index in [1.807, 2.05) is 64.3 Å². The van der Waals surface area contributed by atoms with Crippen molar-refractivity contribution in [3.63, 3.8) is 0 Å². The molecule has 0 aliphatic carbocycles. The fourth-order valence-corrected chi connectivity index (χ4v) is 2.95. The van der Waals surface area contributed by atoms with E-state index in [-0.39, 0.29) is 12.6 Å². The maximum absolute atomic E-state index is 11.9. The Labute approximate surface area is 183 Å². The van der Waals surface area contributed by atoms with Gasteiger partial charge in [-0.15, -0.1) is 0 Å². The van der Waals surface area contributed by atoms with Gasteiger partial charge in [-0.1, -0.05) is 6.07 Å². The van der Waals surface area contributed by atoms with Gasteiger partial charge in [-0.3, -0.25) is 4.79 Å². The molecule has 0 spiro atoms. The third-order valence-electron chi connectivity index (χ3n) is 4.49. The van der Waals surface area contributed by atoms with E-state index in [2.05, 4.69) is 10.3 Å². The lowest BCUT2D eigenvalue weighted by atomic mass is 9.97. The van der Waals surface area contributed by atoms with Crippen LogP contribution in [0.15, 0.2) is 18.2 Å². The largest absolute Gasteiger partial charge is 0.465 e. The number of aromatic nitrogens is 2. The van der Waals surface area contributed by atoms with Crippen molar-refractivity contribution in [3.05, 3.63) is 29.6 Å². The number of hydrogen-bond donors (Lipinski definition) is 2. The van der Waals surface area contributed by atoms with Gasteiger partial charge in [-0.2, -0.15) is 0 Å². The van der Waals surface area contributed by atoms with Gasteiger partial charge >= 0.3 is 12.1 Å². The van der Waals surface area contributed by atoms with Gasteiger partial charge in [0.15, 0.2) is 0 Å². The Balaban J connectivity index is 1.96. The summed E-state index contributed by atoms with van der Waals surface area (Å²) in [5.74, 6) is 0.378. The average Bonchev–Trinajstić information content (AvgIpc) is 3.00. The Morgan fingerprint density at radius 1 is 1.13 bits per heavy atom. The molecular formula is C23H35N3O5. The number of imidazole rings is 1. The second-order valence-electron chi connectivity index (χ2n) is 9.61. The number of carbonyl (C=O) groups is 2. The minimum Gasteiger partial charge on any atom is -0.465 e. The summed E-state index contributed by atoms with van der Waals surface area (Å²) in [6.45, 7) is 12.1. The van der Waals surface area contributed by atoms with Crippen LogP contribution in [-0.4, -0.2) is 38.9 Å². The van der Waals surface area contributed by atoms with Crippen LogP contribution in [0.4, 0.5) is 4.79 Å². The lowest BCUT2D eigenvalue weighted by Crippen LogP contribution is -2.32. The molecule has 31 heavy (non-hydrogen) atoms. The van der Waals surface area contributed by atoms with Crippen molar-refractivity contribution in [1.29, 1.82) is 0 Å². The second kappa shape index (κ2) is 10.1. The normalized spacial score (nSPS) is 12.1. The zero-order valence-electron chi connectivity index (χ0n) is 19.4. The van der Waals surface area contributed by atoms with Crippen LogP contribution in [0.3, 0.4) is 0 Å². The molecule has 8 heteroatoms. The van der Waals surface area contributed by atoms with Gasteiger partial charge in [0.2, 0.25) is 0 Å². The quantitative estimate of drug-likeness (QED) is 0.483. The predicted molar refractivity (Wildman–Crippen MR) is 118 cm³/mol. The number of amides is 1. The van der Waals surface area contributed by atoms with Crippen molar-refractivity contribution in [2.45, 2.75) is 79.7 Å². The lowest BCUT2D eigenvalue weighted by Gasteiger charge is -2.19. The molecule has 0 atom stereocenters. The van der Waals surface area contributed by atoms with Gasteiger partial charge in [0.25, 0.3) is 0 Å². The average molecular weight is 434 g/mol. The van der Waals surface area contributed by atoms with Gasteiger partial charge in [0.1, 0.15) is 18.0 Å². The molecule has 1 aromatic heterocycles. The van der Waals surface area contributed by atoms with E-state index in [0.717, 1.165) is 29.4 Å². The number of hydrogen-bond acceptors (Lipinski definition) is 6. The number of ether oxygens (including phenoxy) is 2. The Bertz CT molecular complexity index is 906. The Morgan fingerprint density at radius 3 is 2.45 bits per heavy atom. The fourth-order valence-electron chi connectivity index (χ4n) is 2.95. The number of aliphatic hydroxyl groups excluding tert-OH is 1. The molecule has 172 valence electrons. The van der Waals surface area contributed by atoms with Crippen molar-refractivity contribution in [2.75, 3.05) is 6.61 Å². The fraction of sp³-hybridized carbons (Fsp3) is 0.609. The van der Waals surface area contributed by atoms with Crippen LogP contribution in [0.1, 0.15) is 65.8 Å². The highest BCUT2D eigenvalue weighted by Crippen LogP contribution is 2.20. The number of rotatable bonds is 8. The third-order valence-corrected chi connectivity index (χ3v) is 4.49. The predicted octanol–water partition coefficient (Wildman–Crippen LogP) is 3.92. The summed E-state index contributed by atoms with van der Waals surface area (Å²) in [5.41, 5.74) is 1.51. The second-order valence-corrected chi connectivity index (χ2v) is 9.61. The van der Waals surface area contributed by atoms with E-state index < -0.39 is 17.1 Å². The lowest BCUT2D eigenvalue weighted by molar-refractivity contribution is -0.153. The zero-order valence-corrected chi connectivity index (χ0v) is 19.4. The first kappa shape index (κ1) is 24.7. The number of nitrogens with one attached hydrogen (secondary N) is 1. The molecule has 8 nitrogen and oxygen atoms in total. The van der Waals surface area contributed by atoms with Crippen LogP contribution < -0.4 is 5.32 Å². The smallest absolute Gasteiger partial charge is 0.407 e. The van der Waals surface area contributed by atoms with Crippen LogP contribution in [0, 0.1) is 5.41 Å². The highest BCUT2D eigenvalue weighted by Gasteiger charge is 2.22. The number of aliphatic hydroxyl groups is 1. The van der Waals surface area contributed by atoms with Crippen LogP contribution in [0.2, 0.25) is 0 Å². The Hall–Kier alpha value is -2.61. The summed E-state index contributed by atoms with van der Waals surface area (Å²) in [6.07, 6.45) is 1.04. The van der Waals surface area contributed by atoms with E-state index in [9.17, 15) is 14.7 Å². The first-order chi connectivity index (χ1) is 14.4. The Morgan fingerprint density at radius 2 is 1.84 bits per heavy atom. The summed E-state index contributed by atoms with van der Waals surface area (Å²) in [6, 6.07) is 5.75. The molecule has 2 aromatic rings. The van der Waals surface area contributed by atoms with E-state index >= 15 is 0 Å². The number of fused-ring (bicyclic) bond motifs is 1. The number of aryl methyl sites for hydroxylation is 1. The van der Waals surface area contributed by atoms with Gasteiger partial charge in [-0.25, -0.2) is 9.78 Å². The number of alkyl carbamates (subject to hydrolysis) is 1. The zero-order chi connectivity index (χ0) is 23.2. The minimum absolute atomic E-state index is 0.167.